The molecule has 14 heteroatoms. The second kappa shape index (κ2) is 15.6. The van der Waals surface area contributed by atoms with Crippen LogP contribution >= 0.6 is 0 Å². The molecular formula is C42H37F3N6O5. The van der Waals surface area contributed by atoms with Crippen molar-refractivity contribution < 1.29 is 37.3 Å². The lowest BCUT2D eigenvalue weighted by molar-refractivity contribution is -0.141. The highest BCUT2D eigenvalue weighted by atomic mass is 19.4. The first-order chi connectivity index (χ1) is 26.9. The first-order valence-corrected chi connectivity index (χ1v) is 18.0. The van der Waals surface area contributed by atoms with Crippen molar-refractivity contribution in [2.75, 3.05) is 33.3 Å². The number of methoxy groups -OCH3 is 1. The Balaban J connectivity index is 1.21. The van der Waals surface area contributed by atoms with Gasteiger partial charge in [-0.3, -0.25) is 19.6 Å². The van der Waals surface area contributed by atoms with Crippen molar-refractivity contribution in [3.05, 3.63) is 99.4 Å². The molecule has 2 fully saturated rings. The van der Waals surface area contributed by atoms with Crippen LogP contribution in [0.3, 0.4) is 0 Å². The number of carboxylic acid groups (broad SMARTS) is 1. The lowest BCUT2D eigenvalue weighted by atomic mass is 9.93. The number of carbonyl (C=O) groups is 1. The van der Waals surface area contributed by atoms with E-state index in [1.807, 2.05) is 34.9 Å². The van der Waals surface area contributed by atoms with Crippen molar-refractivity contribution in [1.82, 2.24) is 19.8 Å². The summed E-state index contributed by atoms with van der Waals surface area (Å²) in [6.45, 7) is 4.46. The van der Waals surface area contributed by atoms with Crippen molar-refractivity contribution in [1.29, 1.82) is 10.5 Å². The molecule has 11 nitrogen and oxygen atoms in total. The molecular weight excluding hydrogens is 725 g/mol. The van der Waals surface area contributed by atoms with Crippen molar-refractivity contribution >= 4 is 29.2 Å². The number of nitriles is 2. The molecule has 56 heavy (non-hydrogen) atoms. The van der Waals surface area contributed by atoms with Crippen molar-refractivity contribution in [2.24, 2.45) is 5.92 Å². The molecule has 2 atom stereocenters. The number of aromatic nitrogens is 2. The van der Waals surface area contributed by atoms with Gasteiger partial charge in [0, 0.05) is 55.6 Å². The fourth-order valence-electron chi connectivity index (χ4n) is 7.62. The number of halogens is 3. The Labute approximate surface area is 320 Å². The number of carboxylic acids is 1. The largest absolute Gasteiger partial charge is 0.496 e. The number of aliphatic hydroxyl groups excluding tert-OH is 1. The van der Waals surface area contributed by atoms with Gasteiger partial charge in [0.2, 0.25) is 5.89 Å². The van der Waals surface area contributed by atoms with E-state index in [1.165, 1.54) is 31.5 Å². The SMILES string of the molecule is COc1cc(/C=C/c2nccc(-c3cccc(-c4nc5cc(CN6CC[C@@H](C(=O)O)C6)cc(C#N)c5o4)c3C)c2C#N)c(C(F)(F)F)cc1CN1CC[C@@H](O)C1. The van der Waals surface area contributed by atoms with E-state index >= 15 is 0 Å². The van der Waals surface area contributed by atoms with Crippen LogP contribution < -0.4 is 4.74 Å². The molecule has 4 heterocycles. The number of hydrogen-bond acceptors (Lipinski definition) is 10. The predicted octanol–water partition coefficient (Wildman–Crippen LogP) is 7.28. The second-order valence-electron chi connectivity index (χ2n) is 14.2. The van der Waals surface area contributed by atoms with Gasteiger partial charge in [-0.05, 0) is 91.0 Å². The number of alkyl halides is 3. The predicted molar refractivity (Wildman–Crippen MR) is 201 cm³/mol. The highest BCUT2D eigenvalue weighted by Gasteiger charge is 2.35. The molecule has 2 aromatic heterocycles. The van der Waals surface area contributed by atoms with Crippen LogP contribution in [0.15, 0.2) is 59.1 Å². The van der Waals surface area contributed by atoms with E-state index in [0.29, 0.717) is 90.0 Å². The summed E-state index contributed by atoms with van der Waals surface area (Å²) >= 11 is 0. The fourth-order valence-corrected chi connectivity index (χ4v) is 7.62. The lowest BCUT2D eigenvalue weighted by Gasteiger charge is -2.20. The Bertz CT molecular complexity index is 2450. The van der Waals surface area contributed by atoms with Crippen molar-refractivity contribution in [2.45, 2.75) is 45.1 Å². The Morgan fingerprint density at radius 1 is 1.02 bits per heavy atom. The Hall–Kier alpha value is -6.06. The molecule has 0 amide bonds. The average Bonchev–Trinajstić information content (AvgIpc) is 3.93. The van der Waals surface area contributed by atoms with E-state index in [-0.39, 0.29) is 35.0 Å². The summed E-state index contributed by atoms with van der Waals surface area (Å²) in [4.78, 5) is 24.4. The summed E-state index contributed by atoms with van der Waals surface area (Å²) in [5.41, 5.74) is 3.98. The number of rotatable bonds is 10. The fraction of sp³-hybridized carbons (Fsp3) is 0.310. The van der Waals surface area contributed by atoms with E-state index in [4.69, 9.17) is 14.1 Å². The van der Waals surface area contributed by atoms with E-state index < -0.39 is 29.7 Å². The average molecular weight is 763 g/mol. The van der Waals surface area contributed by atoms with Crippen LogP contribution in [0.2, 0.25) is 0 Å². The molecule has 7 rings (SSSR count). The Morgan fingerprint density at radius 2 is 1.79 bits per heavy atom. The van der Waals surface area contributed by atoms with Crippen LogP contribution in [-0.2, 0) is 24.1 Å². The summed E-state index contributed by atoms with van der Waals surface area (Å²) < 4.78 is 54.9. The molecule has 286 valence electrons. The zero-order chi connectivity index (χ0) is 39.7. The number of pyridine rings is 1. The quantitative estimate of drug-likeness (QED) is 0.147. The van der Waals surface area contributed by atoms with Crippen molar-refractivity contribution in [3.63, 3.8) is 0 Å². The monoisotopic (exact) mass is 762 g/mol. The third-order valence-corrected chi connectivity index (χ3v) is 10.5. The molecule has 2 saturated heterocycles. The minimum absolute atomic E-state index is 0.148. The maximum atomic E-state index is 14.4. The Morgan fingerprint density at radius 3 is 2.46 bits per heavy atom. The smallest absolute Gasteiger partial charge is 0.417 e. The van der Waals surface area contributed by atoms with Gasteiger partial charge >= 0.3 is 12.1 Å². The topological polar surface area (TPSA) is 160 Å². The maximum Gasteiger partial charge on any atom is 0.417 e. The van der Waals surface area contributed by atoms with Gasteiger partial charge < -0.3 is 19.4 Å². The van der Waals surface area contributed by atoms with Crippen LogP contribution in [0.4, 0.5) is 13.2 Å². The van der Waals surface area contributed by atoms with Gasteiger partial charge in [0.25, 0.3) is 0 Å². The van der Waals surface area contributed by atoms with E-state index in [1.54, 1.807) is 18.2 Å². The van der Waals surface area contributed by atoms with E-state index in [0.717, 1.165) is 11.6 Å². The van der Waals surface area contributed by atoms with Gasteiger partial charge in [-0.25, -0.2) is 4.98 Å². The van der Waals surface area contributed by atoms with Gasteiger partial charge in [0.1, 0.15) is 23.4 Å². The summed E-state index contributed by atoms with van der Waals surface area (Å²) in [5.74, 6) is -0.723. The number of oxazole rings is 1. The number of likely N-dealkylation sites (tertiary alicyclic amines) is 2. The number of hydrogen-bond donors (Lipinski definition) is 2. The van der Waals surface area contributed by atoms with Crippen molar-refractivity contribution in [3.8, 4) is 40.5 Å². The number of ether oxygens (including phenoxy) is 1. The number of benzene rings is 3. The van der Waals surface area contributed by atoms with Crippen LogP contribution in [0, 0.1) is 35.5 Å². The first-order valence-electron chi connectivity index (χ1n) is 18.0. The van der Waals surface area contributed by atoms with Gasteiger partial charge in [-0.2, -0.15) is 23.7 Å². The summed E-state index contributed by atoms with van der Waals surface area (Å²) in [6.07, 6.45) is 0.0453. The van der Waals surface area contributed by atoms with E-state index in [9.17, 15) is 38.7 Å². The number of fused-ring (bicyclic) bond motifs is 1. The minimum atomic E-state index is -4.68. The highest BCUT2D eigenvalue weighted by Crippen LogP contribution is 2.39. The molecule has 0 radical (unpaired) electrons. The van der Waals surface area contributed by atoms with Gasteiger partial charge in [-0.15, -0.1) is 0 Å². The zero-order valence-corrected chi connectivity index (χ0v) is 30.6. The molecule has 0 aliphatic carbocycles. The van der Waals surface area contributed by atoms with Crippen LogP contribution in [0.25, 0.3) is 45.8 Å². The summed E-state index contributed by atoms with van der Waals surface area (Å²) in [7, 11) is 1.39. The third-order valence-electron chi connectivity index (χ3n) is 10.5. The number of aliphatic hydroxyl groups is 1. The number of β-amino-alcohol motifs (C(OH)–C–C–N with tert-alkyl or cyclic N) is 1. The molecule has 0 bridgehead atoms. The maximum absolute atomic E-state index is 14.4. The van der Waals surface area contributed by atoms with Gasteiger partial charge in [0.05, 0.1) is 41.5 Å². The summed E-state index contributed by atoms with van der Waals surface area (Å²) in [5, 5.41) is 39.7. The molecule has 0 saturated carbocycles. The normalized spacial score (nSPS) is 17.8. The highest BCUT2D eigenvalue weighted by molar-refractivity contribution is 5.86. The first kappa shape index (κ1) is 38.2. The molecule has 3 aromatic carbocycles. The number of nitrogens with zero attached hydrogens (tertiary/aromatic N) is 6. The Kier molecular flexibility index (Phi) is 10.6. The molecule has 2 aliphatic rings. The minimum Gasteiger partial charge on any atom is -0.496 e. The lowest BCUT2D eigenvalue weighted by Crippen LogP contribution is -2.22. The third kappa shape index (κ3) is 7.72. The van der Waals surface area contributed by atoms with Crippen LogP contribution in [0.5, 0.6) is 5.75 Å². The molecule has 0 unspecified atom stereocenters. The van der Waals surface area contributed by atoms with E-state index in [2.05, 4.69) is 17.1 Å². The van der Waals surface area contributed by atoms with Crippen LogP contribution in [0.1, 0.15) is 57.5 Å². The summed E-state index contributed by atoms with van der Waals surface area (Å²) in [6, 6.07) is 17.4. The van der Waals surface area contributed by atoms with Gasteiger partial charge in [0.15, 0.2) is 5.58 Å². The standard InChI is InChI=1S/C42H37F3N6O5/c1-24-31(4-3-5-32(24)40-49-37-15-25(14-28(18-46)39(37)56-40)20-50-12-9-27(21-50)41(53)54)33-8-11-48-36(34(33)19-47)7-6-26-17-38(55-2)29(16-35(26)42(43,44)45)22-51-13-10-30(52)23-51/h3-8,11,14-17,27,30,52H,9-10,12-13,20-23H2,1-2H3,(H,53,54)/b7-6+/t27-,30-/m1/s1. The second-order valence-corrected chi connectivity index (χ2v) is 14.2. The molecule has 0 spiro atoms. The zero-order valence-electron chi connectivity index (χ0n) is 30.6. The molecule has 2 N–H and O–H groups in total. The molecule has 2 aliphatic heterocycles. The number of aliphatic carboxylic acids is 1. The van der Waals surface area contributed by atoms with Crippen LogP contribution in [-0.4, -0.2) is 75.3 Å². The van der Waals surface area contributed by atoms with Gasteiger partial charge in [-0.1, -0.05) is 18.2 Å². The molecule has 5 aromatic rings.